The van der Waals surface area contributed by atoms with Gasteiger partial charge in [0.1, 0.15) is 5.69 Å². The van der Waals surface area contributed by atoms with Gasteiger partial charge in [-0.15, -0.1) is 0 Å². The molecule has 1 aliphatic heterocycles. The Kier molecular flexibility index (Phi) is 5.67. The molecular formula is C21H21F4N5O. The van der Waals surface area contributed by atoms with E-state index in [2.05, 4.69) is 25.2 Å². The lowest BCUT2D eigenvalue weighted by atomic mass is 10.1. The minimum atomic E-state index is -4.48. The molecule has 31 heavy (non-hydrogen) atoms. The Morgan fingerprint density at radius 2 is 2.13 bits per heavy atom. The third kappa shape index (κ3) is 4.70. The number of H-pyrrole nitrogens is 1. The molecule has 1 atom stereocenters. The standard InChI is InChI=1S/C21H21F4N5O/c1-12-13(10-30-6-5-16(31)11-30)8-26-18(12)19-17(22)9-27-20(29-19)28-15-4-2-3-14(7-15)21(23,24)25/h2-4,7-9,16,26,31H,5-6,10-11H2,1H3,(H,27,28,29)/t16-/m1/s1. The molecule has 3 aromatic rings. The van der Waals surface area contributed by atoms with Gasteiger partial charge in [-0.2, -0.15) is 13.2 Å². The third-order valence-electron chi connectivity index (χ3n) is 5.32. The number of likely N-dealkylation sites (tertiary alicyclic amines) is 1. The molecule has 0 saturated carbocycles. The number of hydrogen-bond acceptors (Lipinski definition) is 5. The van der Waals surface area contributed by atoms with E-state index in [0.29, 0.717) is 18.8 Å². The van der Waals surface area contributed by atoms with Crippen molar-refractivity contribution in [2.75, 3.05) is 18.4 Å². The number of hydrogen-bond donors (Lipinski definition) is 3. The summed E-state index contributed by atoms with van der Waals surface area (Å²) in [7, 11) is 0. The first kappa shape index (κ1) is 21.3. The number of anilines is 2. The number of rotatable bonds is 5. The fourth-order valence-electron chi connectivity index (χ4n) is 3.65. The number of aliphatic hydroxyl groups excluding tert-OH is 1. The van der Waals surface area contributed by atoms with Crippen LogP contribution in [0.15, 0.2) is 36.7 Å². The molecule has 0 amide bonds. The van der Waals surface area contributed by atoms with Crippen molar-refractivity contribution < 1.29 is 22.7 Å². The number of aromatic amines is 1. The SMILES string of the molecule is Cc1c(CN2CC[C@@H](O)C2)c[nH]c1-c1nc(Nc2cccc(C(F)(F)F)c2)ncc1F. The molecule has 164 valence electrons. The van der Waals surface area contributed by atoms with Crippen molar-refractivity contribution in [3.8, 4) is 11.4 Å². The lowest BCUT2D eigenvalue weighted by Crippen LogP contribution is -2.21. The van der Waals surface area contributed by atoms with Crippen LogP contribution in [0.25, 0.3) is 11.4 Å². The molecular weight excluding hydrogens is 414 g/mol. The van der Waals surface area contributed by atoms with Crippen LogP contribution in [0, 0.1) is 12.7 Å². The predicted molar refractivity (Wildman–Crippen MR) is 107 cm³/mol. The quantitative estimate of drug-likeness (QED) is 0.523. The maximum absolute atomic E-state index is 14.5. The van der Waals surface area contributed by atoms with Crippen molar-refractivity contribution >= 4 is 11.6 Å². The molecule has 0 aliphatic carbocycles. The molecule has 10 heteroatoms. The summed E-state index contributed by atoms with van der Waals surface area (Å²) in [4.78, 5) is 13.2. The second-order valence-corrected chi connectivity index (χ2v) is 7.59. The molecule has 0 radical (unpaired) electrons. The summed E-state index contributed by atoms with van der Waals surface area (Å²) in [6, 6.07) is 4.62. The zero-order valence-electron chi connectivity index (χ0n) is 16.7. The lowest BCUT2D eigenvalue weighted by molar-refractivity contribution is -0.137. The summed E-state index contributed by atoms with van der Waals surface area (Å²) >= 11 is 0. The van der Waals surface area contributed by atoms with Gasteiger partial charge in [0.15, 0.2) is 5.82 Å². The number of halogens is 4. The highest BCUT2D eigenvalue weighted by Gasteiger charge is 2.30. The average molecular weight is 435 g/mol. The Morgan fingerprint density at radius 3 is 2.84 bits per heavy atom. The summed E-state index contributed by atoms with van der Waals surface area (Å²) in [6.45, 7) is 3.83. The number of aromatic nitrogens is 3. The number of nitrogens with one attached hydrogen (secondary N) is 2. The van der Waals surface area contributed by atoms with Gasteiger partial charge in [-0.3, -0.25) is 4.90 Å². The van der Waals surface area contributed by atoms with Gasteiger partial charge in [0.05, 0.1) is 23.6 Å². The predicted octanol–water partition coefficient (Wildman–Crippen LogP) is 4.25. The summed E-state index contributed by atoms with van der Waals surface area (Å²) < 4.78 is 53.3. The van der Waals surface area contributed by atoms with Gasteiger partial charge in [-0.25, -0.2) is 14.4 Å². The van der Waals surface area contributed by atoms with E-state index in [1.54, 1.807) is 6.20 Å². The van der Waals surface area contributed by atoms with E-state index in [1.807, 2.05) is 6.92 Å². The molecule has 1 fully saturated rings. The van der Waals surface area contributed by atoms with Crippen molar-refractivity contribution in [2.24, 2.45) is 0 Å². The highest BCUT2D eigenvalue weighted by atomic mass is 19.4. The first-order valence-corrected chi connectivity index (χ1v) is 9.75. The van der Waals surface area contributed by atoms with Crippen molar-refractivity contribution in [3.05, 3.63) is 59.2 Å². The van der Waals surface area contributed by atoms with Crippen LogP contribution in [0.4, 0.5) is 29.2 Å². The molecule has 0 spiro atoms. The zero-order valence-corrected chi connectivity index (χ0v) is 16.7. The van der Waals surface area contributed by atoms with Crippen molar-refractivity contribution in [1.29, 1.82) is 0 Å². The van der Waals surface area contributed by atoms with Crippen LogP contribution in [0.2, 0.25) is 0 Å². The van der Waals surface area contributed by atoms with E-state index in [9.17, 15) is 22.7 Å². The summed E-state index contributed by atoms with van der Waals surface area (Å²) in [5.74, 6) is -0.670. The Balaban J connectivity index is 1.58. The zero-order chi connectivity index (χ0) is 22.2. The molecule has 0 unspecified atom stereocenters. The Hall–Kier alpha value is -2.98. The van der Waals surface area contributed by atoms with Crippen molar-refractivity contribution in [2.45, 2.75) is 32.2 Å². The Labute approximate surface area is 176 Å². The van der Waals surface area contributed by atoms with Crippen molar-refractivity contribution in [1.82, 2.24) is 19.9 Å². The van der Waals surface area contributed by atoms with E-state index in [1.165, 1.54) is 12.1 Å². The average Bonchev–Trinajstić information content (AvgIpc) is 3.29. The Morgan fingerprint density at radius 1 is 1.32 bits per heavy atom. The highest BCUT2D eigenvalue weighted by molar-refractivity contribution is 5.64. The monoisotopic (exact) mass is 435 g/mol. The molecule has 4 rings (SSSR count). The van der Waals surface area contributed by atoms with Crippen LogP contribution < -0.4 is 5.32 Å². The van der Waals surface area contributed by atoms with E-state index >= 15 is 0 Å². The van der Waals surface area contributed by atoms with Crippen LogP contribution in [-0.4, -0.2) is 44.2 Å². The molecule has 3 N–H and O–H groups in total. The van der Waals surface area contributed by atoms with Gasteiger partial charge >= 0.3 is 6.18 Å². The second kappa shape index (κ2) is 8.27. The molecule has 0 bridgehead atoms. The first-order chi connectivity index (χ1) is 14.7. The van der Waals surface area contributed by atoms with Gasteiger partial charge in [0.25, 0.3) is 0 Å². The smallest absolute Gasteiger partial charge is 0.392 e. The molecule has 1 aliphatic rings. The van der Waals surface area contributed by atoms with Crippen molar-refractivity contribution in [3.63, 3.8) is 0 Å². The fraction of sp³-hybridized carbons (Fsp3) is 0.333. The summed E-state index contributed by atoms with van der Waals surface area (Å²) in [6.07, 6.45) is -1.33. The first-order valence-electron chi connectivity index (χ1n) is 9.75. The van der Waals surface area contributed by atoms with Gasteiger partial charge < -0.3 is 15.4 Å². The molecule has 3 heterocycles. The third-order valence-corrected chi connectivity index (χ3v) is 5.32. The fourth-order valence-corrected chi connectivity index (χ4v) is 3.65. The van der Waals surface area contributed by atoms with Crippen LogP contribution in [0.5, 0.6) is 0 Å². The topological polar surface area (TPSA) is 77.1 Å². The summed E-state index contributed by atoms with van der Waals surface area (Å²) in [5.41, 5.74) is 1.59. The lowest BCUT2D eigenvalue weighted by Gasteiger charge is -2.14. The summed E-state index contributed by atoms with van der Waals surface area (Å²) in [5, 5.41) is 12.4. The molecule has 1 aromatic carbocycles. The van der Waals surface area contributed by atoms with Crippen LogP contribution in [0.1, 0.15) is 23.1 Å². The van der Waals surface area contributed by atoms with Gasteiger partial charge in [0.2, 0.25) is 5.95 Å². The van der Waals surface area contributed by atoms with Gasteiger partial charge in [-0.1, -0.05) is 6.07 Å². The second-order valence-electron chi connectivity index (χ2n) is 7.59. The minimum Gasteiger partial charge on any atom is -0.392 e. The molecule has 1 saturated heterocycles. The van der Waals surface area contributed by atoms with Crippen LogP contribution in [-0.2, 0) is 12.7 Å². The number of nitrogens with zero attached hydrogens (tertiary/aromatic N) is 3. The number of aliphatic hydroxyl groups is 1. The normalized spacial score (nSPS) is 17.3. The Bertz CT molecular complexity index is 1080. The van der Waals surface area contributed by atoms with E-state index in [0.717, 1.165) is 42.4 Å². The van der Waals surface area contributed by atoms with Gasteiger partial charge in [-0.05, 0) is 42.7 Å². The number of β-amino-alcohol motifs (C(OH)–C–C–N with tert-alkyl or cyclic N) is 1. The minimum absolute atomic E-state index is 0.0195. The van der Waals surface area contributed by atoms with E-state index in [-0.39, 0.29) is 23.4 Å². The number of alkyl halides is 3. The number of benzene rings is 1. The van der Waals surface area contributed by atoms with Crippen LogP contribution >= 0.6 is 0 Å². The maximum Gasteiger partial charge on any atom is 0.416 e. The van der Waals surface area contributed by atoms with Gasteiger partial charge in [0, 0.05) is 31.5 Å². The molecule has 2 aromatic heterocycles. The van der Waals surface area contributed by atoms with Crippen LogP contribution in [0.3, 0.4) is 0 Å². The van der Waals surface area contributed by atoms with E-state index < -0.39 is 17.6 Å². The van der Waals surface area contributed by atoms with E-state index in [4.69, 9.17) is 0 Å². The molecule has 6 nitrogen and oxygen atoms in total. The highest BCUT2D eigenvalue weighted by Crippen LogP contribution is 2.32. The maximum atomic E-state index is 14.5. The largest absolute Gasteiger partial charge is 0.416 e.